The zero-order valence-corrected chi connectivity index (χ0v) is 12.8. The van der Waals surface area contributed by atoms with Crippen LogP contribution in [0.3, 0.4) is 0 Å². The number of nitrogens with one attached hydrogen (secondary N) is 1. The van der Waals surface area contributed by atoms with Crippen molar-refractivity contribution >= 4 is 0 Å². The van der Waals surface area contributed by atoms with Crippen molar-refractivity contribution in [1.29, 1.82) is 0 Å². The first-order valence-corrected chi connectivity index (χ1v) is 7.29. The maximum atomic E-state index is 5.82. The van der Waals surface area contributed by atoms with Crippen molar-refractivity contribution in [1.82, 2.24) is 5.32 Å². The topological polar surface area (TPSA) is 38.0 Å². The van der Waals surface area contributed by atoms with Gasteiger partial charge in [0.1, 0.15) is 0 Å². The third kappa shape index (κ3) is 7.77. The Kier molecular flexibility index (Phi) is 8.89. The zero-order chi connectivity index (χ0) is 13.4. The van der Waals surface area contributed by atoms with Gasteiger partial charge in [-0.15, -0.1) is 0 Å². The van der Waals surface area contributed by atoms with Gasteiger partial charge in [-0.05, 0) is 55.6 Å². The molecule has 0 aromatic rings. The average Bonchev–Trinajstić information content (AvgIpc) is 2.20. The Hall–Kier alpha value is -0.0800. The van der Waals surface area contributed by atoms with Gasteiger partial charge in [-0.1, -0.05) is 41.5 Å². The second-order valence-corrected chi connectivity index (χ2v) is 6.54. The summed E-state index contributed by atoms with van der Waals surface area (Å²) in [6.45, 7) is 16.8. The van der Waals surface area contributed by atoms with E-state index in [1.807, 2.05) is 0 Å². The molecule has 0 aromatic carbocycles. The van der Waals surface area contributed by atoms with Gasteiger partial charge in [0.15, 0.2) is 0 Å². The first kappa shape index (κ1) is 16.9. The highest BCUT2D eigenvalue weighted by Gasteiger charge is 2.17. The summed E-state index contributed by atoms with van der Waals surface area (Å²) in [7, 11) is 0. The van der Waals surface area contributed by atoms with E-state index in [0.29, 0.717) is 5.92 Å². The van der Waals surface area contributed by atoms with Crippen molar-refractivity contribution in [3.05, 3.63) is 0 Å². The minimum atomic E-state index is 0.634. The van der Waals surface area contributed by atoms with Crippen LogP contribution < -0.4 is 11.1 Å². The monoisotopic (exact) mass is 242 g/mol. The number of rotatable bonds is 9. The standard InChI is InChI=1S/C15H34N2/c1-11(2)7-14(8-16)9-17-10-15(12(3)4)13(5)6/h11-15,17H,7-10,16H2,1-6H3. The molecular weight excluding hydrogens is 208 g/mol. The molecule has 0 fully saturated rings. The summed E-state index contributed by atoms with van der Waals surface area (Å²) in [6, 6.07) is 0. The average molecular weight is 242 g/mol. The normalized spacial score (nSPS) is 14.3. The largest absolute Gasteiger partial charge is 0.330 e. The Morgan fingerprint density at radius 2 is 1.41 bits per heavy atom. The van der Waals surface area contributed by atoms with Crippen LogP contribution in [-0.2, 0) is 0 Å². The van der Waals surface area contributed by atoms with Crippen LogP contribution in [0.2, 0.25) is 0 Å². The molecule has 0 aliphatic carbocycles. The van der Waals surface area contributed by atoms with E-state index in [1.165, 1.54) is 6.42 Å². The van der Waals surface area contributed by atoms with Crippen LogP contribution in [0, 0.1) is 29.6 Å². The first-order valence-electron chi connectivity index (χ1n) is 7.29. The summed E-state index contributed by atoms with van der Waals surface area (Å²) in [5, 5.41) is 3.62. The van der Waals surface area contributed by atoms with E-state index in [-0.39, 0.29) is 0 Å². The van der Waals surface area contributed by atoms with Gasteiger partial charge in [-0.25, -0.2) is 0 Å². The van der Waals surface area contributed by atoms with Crippen molar-refractivity contribution in [2.45, 2.75) is 48.0 Å². The van der Waals surface area contributed by atoms with Crippen LogP contribution in [0.4, 0.5) is 0 Å². The van der Waals surface area contributed by atoms with Gasteiger partial charge in [0.05, 0.1) is 0 Å². The molecule has 0 rings (SSSR count). The fourth-order valence-corrected chi connectivity index (χ4v) is 2.62. The Morgan fingerprint density at radius 3 is 1.76 bits per heavy atom. The molecule has 104 valence electrons. The van der Waals surface area contributed by atoms with Gasteiger partial charge in [-0.2, -0.15) is 0 Å². The SMILES string of the molecule is CC(C)CC(CN)CNCC(C(C)C)C(C)C. The summed E-state index contributed by atoms with van der Waals surface area (Å²) >= 11 is 0. The fourth-order valence-electron chi connectivity index (χ4n) is 2.62. The number of nitrogens with two attached hydrogens (primary N) is 1. The lowest BCUT2D eigenvalue weighted by Crippen LogP contribution is -2.35. The van der Waals surface area contributed by atoms with E-state index < -0.39 is 0 Å². The van der Waals surface area contributed by atoms with Crippen LogP contribution in [0.25, 0.3) is 0 Å². The second-order valence-electron chi connectivity index (χ2n) is 6.54. The zero-order valence-electron chi connectivity index (χ0n) is 12.8. The van der Waals surface area contributed by atoms with E-state index in [2.05, 4.69) is 46.9 Å². The van der Waals surface area contributed by atoms with E-state index >= 15 is 0 Å². The summed E-state index contributed by atoms with van der Waals surface area (Å²) in [4.78, 5) is 0. The lowest BCUT2D eigenvalue weighted by Gasteiger charge is -2.26. The van der Waals surface area contributed by atoms with Gasteiger partial charge >= 0.3 is 0 Å². The molecule has 0 spiro atoms. The molecule has 3 N–H and O–H groups in total. The predicted molar refractivity (Wildman–Crippen MR) is 78.0 cm³/mol. The lowest BCUT2D eigenvalue weighted by atomic mass is 9.85. The van der Waals surface area contributed by atoms with Crippen LogP contribution >= 0.6 is 0 Å². The summed E-state index contributed by atoms with van der Waals surface area (Å²) in [5.41, 5.74) is 5.82. The second kappa shape index (κ2) is 8.93. The van der Waals surface area contributed by atoms with Gasteiger partial charge in [0, 0.05) is 0 Å². The molecule has 1 unspecified atom stereocenters. The summed E-state index contributed by atoms with van der Waals surface area (Å²) < 4.78 is 0. The smallest absolute Gasteiger partial charge is 0.000824 e. The minimum absolute atomic E-state index is 0.634. The third-order valence-corrected chi connectivity index (χ3v) is 3.66. The Labute approximate surface area is 109 Å². The Balaban J connectivity index is 3.93. The summed E-state index contributed by atoms with van der Waals surface area (Å²) in [5.74, 6) is 3.66. The van der Waals surface area contributed by atoms with E-state index in [4.69, 9.17) is 5.73 Å². The van der Waals surface area contributed by atoms with Crippen molar-refractivity contribution in [2.24, 2.45) is 35.3 Å². The molecule has 0 aliphatic heterocycles. The quantitative estimate of drug-likeness (QED) is 0.652. The van der Waals surface area contributed by atoms with Gasteiger partial charge < -0.3 is 11.1 Å². The van der Waals surface area contributed by atoms with Crippen LogP contribution in [0.5, 0.6) is 0 Å². The van der Waals surface area contributed by atoms with Crippen molar-refractivity contribution < 1.29 is 0 Å². The van der Waals surface area contributed by atoms with Crippen molar-refractivity contribution in [3.63, 3.8) is 0 Å². The first-order chi connectivity index (χ1) is 7.88. The Morgan fingerprint density at radius 1 is 0.882 bits per heavy atom. The van der Waals surface area contributed by atoms with Crippen molar-refractivity contribution in [3.8, 4) is 0 Å². The molecule has 0 radical (unpaired) electrons. The van der Waals surface area contributed by atoms with E-state index in [1.54, 1.807) is 0 Å². The lowest BCUT2D eigenvalue weighted by molar-refractivity contribution is 0.266. The highest BCUT2D eigenvalue weighted by molar-refractivity contribution is 4.72. The molecule has 0 aromatic heterocycles. The van der Waals surface area contributed by atoms with Crippen molar-refractivity contribution in [2.75, 3.05) is 19.6 Å². The fraction of sp³-hybridized carbons (Fsp3) is 1.00. The Bertz CT molecular complexity index is 168. The maximum Gasteiger partial charge on any atom is -0.000824 e. The van der Waals surface area contributed by atoms with E-state index in [9.17, 15) is 0 Å². The highest BCUT2D eigenvalue weighted by Crippen LogP contribution is 2.19. The molecule has 17 heavy (non-hydrogen) atoms. The van der Waals surface area contributed by atoms with Gasteiger partial charge in [0.2, 0.25) is 0 Å². The molecule has 2 heteroatoms. The summed E-state index contributed by atoms with van der Waals surface area (Å²) in [6.07, 6.45) is 1.23. The molecule has 0 aliphatic rings. The number of hydrogen-bond acceptors (Lipinski definition) is 2. The minimum Gasteiger partial charge on any atom is -0.330 e. The van der Waals surface area contributed by atoms with Crippen LogP contribution in [0.1, 0.15) is 48.0 Å². The number of hydrogen-bond donors (Lipinski definition) is 2. The van der Waals surface area contributed by atoms with E-state index in [0.717, 1.165) is 43.3 Å². The van der Waals surface area contributed by atoms with Gasteiger partial charge in [0.25, 0.3) is 0 Å². The van der Waals surface area contributed by atoms with Gasteiger partial charge in [-0.3, -0.25) is 0 Å². The predicted octanol–water partition coefficient (Wildman–Crippen LogP) is 3.13. The molecule has 1 atom stereocenters. The molecule has 2 nitrogen and oxygen atoms in total. The molecule has 0 bridgehead atoms. The van der Waals surface area contributed by atoms with Crippen LogP contribution in [-0.4, -0.2) is 19.6 Å². The molecular formula is C15H34N2. The van der Waals surface area contributed by atoms with Crippen LogP contribution in [0.15, 0.2) is 0 Å². The third-order valence-electron chi connectivity index (χ3n) is 3.66. The molecule has 0 heterocycles. The maximum absolute atomic E-state index is 5.82. The molecule has 0 amide bonds. The highest BCUT2D eigenvalue weighted by atomic mass is 14.9. The molecule has 0 saturated carbocycles. The molecule has 0 saturated heterocycles.